The minimum Gasteiger partial charge on any atom is -0.373 e. The lowest BCUT2D eigenvalue weighted by molar-refractivity contribution is -0.144. The van der Waals surface area contributed by atoms with Gasteiger partial charge in [0.05, 0.1) is 0 Å². The molecule has 0 bridgehead atoms. The van der Waals surface area contributed by atoms with Crippen molar-refractivity contribution in [3.05, 3.63) is 87.6 Å². The van der Waals surface area contributed by atoms with E-state index in [1.165, 1.54) is 0 Å². The van der Waals surface area contributed by atoms with Crippen LogP contribution in [0.3, 0.4) is 0 Å². The molecule has 0 aromatic carbocycles. The van der Waals surface area contributed by atoms with Crippen molar-refractivity contribution < 1.29 is 9.63 Å². The molecule has 0 saturated carbocycles. The predicted octanol–water partition coefficient (Wildman–Crippen LogP) is 5.12. The molecule has 1 unspecified atom stereocenters. The second-order valence-electron chi connectivity index (χ2n) is 6.37. The molecule has 0 aromatic rings. The van der Waals surface area contributed by atoms with E-state index in [1.807, 2.05) is 19.1 Å². The molecular formula is C22H30N4O5. The summed E-state index contributed by atoms with van der Waals surface area (Å²) < 4.78 is 0. The zero-order valence-electron chi connectivity index (χ0n) is 17.7. The van der Waals surface area contributed by atoms with E-state index < -0.39 is 24.1 Å². The van der Waals surface area contributed by atoms with Crippen LogP contribution >= 0.6 is 0 Å². The molecule has 9 nitrogen and oxygen atoms in total. The lowest BCUT2D eigenvalue weighted by Crippen LogP contribution is -2.12. The van der Waals surface area contributed by atoms with Gasteiger partial charge in [0.15, 0.2) is 0 Å². The van der Waals surface area contributed by atoms with Crippen LogP contribution in [0.1, 0.15) is 39.0 Å². The smallest absolute Gasteiger partial charge is 0.324 e. The normalized spacial score (nSPS) is 15.4. The summed E-state index contributed by atoms with van der Waals surface area (Å²) >= 11 is 0. The van der Waals surface area contributed by atoms with Crippen LogP contribution in [-0.2, 0) is 9.63 Å². The first kappa shape index (κ1) is 27.7. The zero-order chi connectivity index (χ0) is 23.2. The summed E-state index contributed by atoms with van der Waals surface area (Å²) in [5, 5.41) is 9.00. The lowest BCUT2D eigenvalue weighted by Gasteiger charge is -2.01. The van der Waals surface area contributed by atoms with E-state index in [0.717, 1.165) is 6.42 Å². The summed E-state index contributed by atoms with van der Waals surface area (Å²) in [5.74, 6) is 4.11. The van der Waals surface area contributed by atoms with Gasteiger partial charge in [0.25, 0.3) is 0 Å². The van der Waals surface area contributed by atoms with E-state index in [4.69, 9.17) is 5.90 Å². The minimum absolute atomic E-state index is 0.00151. The van der Waals surface area contributed by atoms with Crippen LogP contribution in [0.4, 0.5) is 0 Å². The van der Waals surface area contributed by atoms with Crippen LogP contribution in [0.25, 0.3) is 0 Å². The van der Waals surface area contributed by atoms with Gasteiger partial charge in [0, 0.05) is 6.42 Å². The number of carbonyl (C=O) groups excluding carboxylic acids is 1. The quantitative estimate of drug-likeness (QED) is 0.147. The molecule has 31 heavy (non-hydrogen) atoms. The molecule has 2 N–H and O–H groups in total. The Balaban J connectivity index is 4.42. The second-order valence-corrected chi connectivity index (χ2v) is 6.37. The third kappa shape index (κ3) is 16.2. The van der Waals surface area contributed by atoms with Crippen LogP contribution in [0.5, 0.6) is 0 Å². The Labute approximate surface area is 182 Å². The molecular weight excluding hydrogens is 400 g/mol. The summed E-state index contributed by atoms with van der Waals surface area (Å²) in [6.07, 6.45) is 22.8. The summed E-state index contributed by atoms with van der Waals surface area (Å²) in [6, 6.07) is -1.60. The first-order valence-corrected chi connectivity index (χ1v) is 9.98. The molecule has 0 heterocycles. The van der Waals surface area contributed by atoms with E-state index in [1.54, 1.807) is 60.8 Å². The number of nitrogens with two attached hydrogens (primary N) is 1. The molecule has 0 aliphatic carbocycles. The van der Waals surface area contributed by atoms with Crippen LogP contribution in [0.2, 0.25) is 0 Å². The van der Waals surface area contributed by atoms with Crippen LogP contribution in [0, 0.1) is 14.7 Å². The van der Waals surface area contributed by atoms with Gasteiger partial charge in [-0.2, -0.15) is 20.6 Å². The van der Waals surface area contributed by atoms with Crippen LogP contribution < -0.4 is 5.90 Å². The molecule has 0 radical (unpaired) electrons. The zero-order valence-corrected chi connectivity index (χ0v) is 17.7. The van der Waals surface area contributed by atoms with E-state index in [9.17, 15) is 19.5 Å². The highest BCUT2D eigenvalue weighted by Crippen LogP contribution is 2.06. The van der Waals surface area contributed by atoms with Gasteiger partial charge in [0.1, 0.15) is 18.1 Å². The highest BCUT2D eigenvalue weighted by molar-refractivity contribution is 5.68. The average Bonchev–Trinajstić information content (AvgIpc) is 2.79. The largest absolute Gasteiger partial charge is 0.373 e. The van der Waals surface area contributed by atoms with Crippen molar-refractivity contribution in [1.29, 1.82) is 0 Å². The molecule has 168 valence electrons. The molecule has 0 rings (SSSR count). The average molecular weight is 431 g/mol. The number of hydrogen-bond acceptors (Lipinski definition) is 9. The Hall–Kier alpha value is -3.33. The van der Waals surface area contributed by atoms with Gasteiger partial charge in [0.2, 0.25) is 0 Å². The SMILES string of the molecule is CC/C=C\C[C@H](/C=C/C=C\CC(/C=C/C=C/C=C/[C@H](CCC(=O)ON)N=O)N=O)N=O. The molecule has 0 aliphatic heterocycles. The topological polar surface area (TPSA) is 141 Å². The lowest BCUT2D eigenvalue weighted by atomic mass is 10.1. The molecule has 0 spiro atoms. The highest BCUT2D eigenvalue weighted by Gasteiger charge is 2.08. The summed E-state index contributed by atoms with van der Waals surface area (Å²) in [7, 11) is 0. The standard InChI is InChI=1S/C22H30N4O5/c1-2-3-7-12-19(24-28)14-10-6-11-15-20(25-29)13-8-4-5-9-16-21(26-30)17-18-22(27)31-23/h3-11,13-14,16,19-21H,2,12,15,17-18,23H2,1H3/b5-4+,7-3-,11-6-,13-8+,14-10+,16-9+/t19-,20?,21-/m1/s1. The van der Waals surface area contributed by atoms with Crippen molar-refractivity contribution in [2.75, 3.05) is 0 Å². The fourth-order valence-corrected chi connectivity index (χ4v) is 2.23. The number of hydrogen-bond donors (Lipinski definition) is 1. The maximum Gasteiger partial charge on any atom is 0.324 e. The molecule has 0 saturated heterocycles. The molecule has 0 amide bonds. The van der Waals surface area contributed by atoms with Crippen molar-refractivity contribution in [2.24, 2.45) is 21.4 Å². The molecule has 3 atom stereocenters. The Morgan fingerprint density at radius 1 is 0.774 bits per heavy atom. The van der Waals surface area contributed by atoms with Gasteiger partial charge in [-0.3, -0.25) is 4.79 Å². The van der Waals surface area contributed by atoms with E-state index in [2.05, 4.69) is 20.4 Å². The van der Waals surface area contributed by atoms with Gasteiger partial charge in [-0.1, -0.05) is 95.4 Å². The summed E-state index contributed by atoms with van der Waals surface area (Å²) in [4.78, 5) is 47.4. The Bertz CT molecular complexity index is 711. The van der Waals surface area contributed by atoms with Gasteiger partial charge in [-0.15, -0.1) is 0 Å². The monoisotopic (exact) mass is 430 g/mol. The molecule has 0 aromatic heterocycles. The van der Waals surface area contributed by atoms with Crippen LogP contribution in [-0.4, -0.2) is 24.1 Å². The van der Waals surface area contributed by atoms with Crippen molar-refractivity contribution in [3.8, 4) is 0 Å². The van der Waals surface area contributed by atoms with Gasteiger partial charge in [-0.25, -0.2) is 0 Å². The maximum atomic E-state index is 10.9. The van der Waals surface area contributed by atoms with Crippen molar-refractivity contribution in [2.45, 2.75) is 57.2 Å². The second kappa shape index (κ2) is 20.0. The highest BCUT2D eigenvalue weighted by atomic mass is 16.7. The van der Waals surface area contributed by atoms with Crippen molar-refractivity contribution in [1.82, 2.24) is 0 Å². The van der Waals surface area contributed by atoms with Gasteiger partial charge in [-0.05, 0) is 25.7 Å². The number of allylic oxidation sites excluding steroid dienone is 7. The number of carbonyl (C=O) groups is 1. The molecule has 0 fully saturated rings. The number of rotatable bonds is 17. The minimum atomic E-state index is -0.660. The van der Waals surface area contributed by atoms with E-state index in [0.29, 0.717) is 12.8 Å². The van der Waals surface area contributed by atoms with Gasteiger partial charge < -0.3 is 4.84 Å². The van der Waals surface area contributed by atoms with E-state index in [-0.39, 0.29) is 12.8 Å². The summed E-state index contributed by atoms with van der Waals surface area (Å²) in [5.41, 5.74) is 0. The molecule has 0 aliphatic rings. The number of nitrogens with zero attached hydrogens (tertiary/aromatic N) is 3. The first-order valence-electron chi connectivity index (χ1n) is 9.98. The maximum absolute atomic E-state index is 10.9. The summed E-state index contributed by atoms with van der Waals surface area (Å²) in [6.45, 7) is 2.02. The number of nitroso groups, excluding NO2 is 3. The third-order valence-corrected chi connectivity index (χ3v) is 3.92. The third-order valence-electron chi connectivity index (χ3n) is 3.92. The predicted molar refractivity (Wildman–Crippen MR) is 123 cm³/mol. The van der Waals surface area contributed by atoms with Gasteiger partial charge >= 0.3 is 5.97 Å². The fraction of sp³-hybridized carbons (Fsp3) is 0.409. The molecule has 9 heteroatoms. The van der Waals surface area contributed by atoms with E-state index >= 15 is 0 Å². The first-order chi connectivity index (χ1) is 15.1. The fourth-order valence-electron chi connectivity index (χ4n) is 2.23. The Morgan fingerprint density at radius 3 is 1.81 bits per heavy atom. The van der Waals surface area contributed by atoms with Crippen molar-refractivity contribution in [3.63, 3.8) is 0 Å². The Kier molecular flexibility index (Phi) is 17.8. The van der Waals surface area contributed by atoms with Crippen LogP contribution in [0.15, 0.2) is 88.4 Å². The Morgan fingerprint density at radius 2 is 1.29 bits per heavy atom. The van der Waals surface area contributed by atoms with Crippen molar-refractivity contribution >= 4 is 5.97 Å².